The number of amides is 2. The van der Waals surface area contributed by atoms with E-state index >= 15 is 0 Å². The van der Waals surface area contributed by atoms with Crippen molar-refractivity contribution in [1.82, 2.24) is 19.7 Å². The number of ether oxygens (including phenoxy) is 1. The van der Waals surface area contributed by atoms with Crippen LogP contribution in [0.5, 0.6) is 0 Å². The van der Waals surface area contributed by atoms with Crippen LogP contribution >= 0.6 is 0 Å². The predicted molar refractivity (Wildman–Crippen MR) is 225 cm³/mol. The molecule has 1 saturated heterocycles. The maximum Gasteiger partial charge on any atom is 0.500 e. The Labute approximate surface area is 333 Å². The maximum atomic E-state index is 14.3. The normalized spacial score (nSPS) is 13.7. The Bertz CT molecular complexity index is 1920. The minimum absolute atomic E-state index is 0.0238. The van der Waals surface area contributed by atoms with Crippen LogP contribution < -0.4 is 20.1 Å². The van der Waals surface area contributed by atoms with Gasteiger partial charge in [-0.05, 0) is 77.3 Å². The first-order valence-corrected chi connectivity index (χ1v) is 22.3. The fraction of sp³-hybridized carbons (Fsp3) is 0.512. The summed E-state index contributed by atoms with van der Waals surface area (Å²) in [6.07, 6.45) is 0.966. The second kappa shape index (κ2) is 20.8. The Kier molecular flexibility index (Phi) is 15.9. The summed E-state index contributed by atoms with van der Waals surface area (Å²) in [5, 5.41) is 4.85. The van der Waals surface area contributed by atoms with Gasteiger partial charge in [0.1, 0.15) is 25.4 Å². The van der Waals surface area contributed by atoms with Gasteiger partial charge < -0.3 is 37.5 Å². The topological polar surface area (TPSA) is 109 Å². The zero-order valence-electron chi connectivity index (χ0n) is 34.5. The van der Waals surface area contributed by atoms with E-state index in [1.54, 1.807) is 0 Å². The van der Waals surface area contributed by atoms with E-state index in [0.29, 0.717) is 70.5 Å². The number of benzene rings is 3. The highest BCUT2D eigenvalue weighted by atomic mass is 28.4. The molecule has 0 unspecified atom stereocenters. The second-order valence-electron chi connectivity index (χ2n) is 14.1. The maximum absolute atomic E-state index is 14.3. The Morgan fingerprint density at radius 1 is 0.839 bits per heavy atom. The van der Waals surface area contributed by atoms with Crippen LogP contribution in [0.25, 0.3) is 33.4 Å². The molecular formula is C43H62N5O7Si+. The molecule has 304 valence electrons. The average molecular weight is 789 g/mol. The number of hydrogen-bond acceptors (Lipinski definition) is 9. The fourth-order valence-electron chi connectivity index (χ4n) is 7.45. The van der Waals surface area contributed by atoms with Gasteiger partial charge in [-0.1, -0.05) is 18.2 Å². The van der Waals surface area contributed by atoms with Crippen molar-refractivity contribution in [2.75, 3.05) is 97.8 Å². The van der Waals surface area contributed by atoms with Crippen LogP contribution in [0.4, 0.5) is 10.5 Å². The number of piperazine rings is 1. The molecule has 0 atom stereocenters. The first-order valence-electron chi connectivity index (χ1n) is 20.4. The summed E-state index contributed by atoms with van der Waals surface area (Å²) in [4.78, 5) is 33.3. The van der Waals surface area contributed by atoms with Gasteiger partial charge in [0, 0.05) is 118 Å². The number of hydrogen-bond donors (Lipinski definition) is 1. The van der Waals surface area contributed by atoms with Gasteiger partial charge in [-0.2, -0.15) is 0 Å². The van der Waals surface area contributed by atoms with E-state index in [4.69, 9.17) is 22.4 Å². The smallest absolute Gasteiger partial charge is 0.456 e. The first-order chi connectivity index (χ1) is 27.2. The van der Waals surface area contributed by atoms with Gasteiger partial charge in [0.2, 0.25) is 5.36 Å². The molecule has 12 nitrogen and oxygen atoms in total. The van der Waals surface area contributed by atoms with Crippen molar-refractivity contribution in [2.24, 2.45) is 0 Å². The third kappa shape index (κ3) is 10.6. The van der Waals surface area contributed by atoms with E-state index in [1.165, 1.54) is 0 Å². The molecule has 13 heteroatoms. The summed E-state index contributed by atoms with van der Waals surface area (Å²) in [7, 11) is 1.32. The molecule has 56 heavy (non-hydrogen) atoms. The van der Waals surface area contributed by atoms with Crippen molar-refractivity contribution in [3.8, 4) is 22.5 Å². The molecule has 2 heterocycles. The van der Waals surface area contributed by atoms with Crippen molar-refractivity contribution in [2.45, 2.75) is 53.5 Å². The number of carbonyl (C=O) groups is 2. The Balaban J connectivity index is 1.20. The van der Waals surface area contributed by atoms with Gasteiger partial charge in [-0.25, -0.2) is 9.37 Å². The van der Waals surface area contributed by atoms with Crippen LogP contribution in [0.15, 0.2) is 65.1 Å². The average Bonchev–Trinajstić information content (AvgIpc) is 3.20. The lowest BCUT2D eigenvalue weighted by atomic mass is 9.90. The Hall–Kier alpha value is -4.27. The van der Waals surface area contributed by atoms with Crippen LogP contribution in [-0.2, 0) is 18.0 Å². The highest BCUT2D eigenvalue weighted by Crippen LogP contribution is 2.42. The lowest BCUT2D eigenvalue weighted by molar-refractivity contribution is 0.0624. The molecule has 0 spiro atoms. The highest BCUT2D eigenvalue weighted by molar-refractivity contribution is 6.60. The van der Waals surface area contributed by atoms with Crippen LogP contribution in [-0.4, -0.2) is 123 Å². The van der Waals surface area contributed by atoms with Crippen molar-refractivity contribution >= 4 is 37.5 Å². The molecule has 5 rings (SSSR count). The number of alkyl carbamates (subject to hydrolysis) is 1. The molecule has 2 aromatic carbocycles. The summed E-state index contributed by atoms with van der Waals surface area (Å²) < 4.78 is 31.8. The van der Waals surface area contributed by atoms with Crippen molar-refractivity contribution in [3.05, 3.63) is 71.6 Å². The molecule has 1 fully saturated rings. The SMILES string of the molecule is CCO[Si](CCCNC(=O)OCCCN1CCN(C(=O)c2ccccc2-c2c3ccc(=[N+](C)C)cc-3oc3cc(N(CC)CC)ccc23)CC1)(OCC)OCC. The molecule has 0 bridgehead atoms. The number of anilines is 1. The van der Waals surface area contributed by atoms with Crippen molar-refractivity contribution in [3.63, 3.8) is 0 Å². The monoisotopic (exact) mass is 788 g/mol. The summed E-state index contributed by atoms with van der Waals surface area (Å²) >= 11 is 0. The van der Waals surface area contributed by atoms with E-state index in [-0.39, 0.29) is 5.91 Å². The van der Waals surface area contributed by atoms with Gasteiger partial charge in [0.05, 0.1) is 12.7 Å². The summed E-state index contributed by atoms with van der Waals surface area (Å²) in [5.41, 5.74) is 5.44. The Morgan fingerprint density at radius 2 is 1.54 bits per heavy atom. The number of nitrogens with one attached hydrogen (secondary N) is 1. The van der Waals surface area contributed by atoms with Crippen molar-refractivity contribution < 1.29 is 32.0 Å². The predicted octanol–water partition coefficient (Wildman–Crippen LogP) is 6.40. The van der Waals surface area contributed by atoms with E-state index in [1.807, 2.05) is 58.0 Å². The zero-order chi connectivity index (χ0) is 40.1. The van der Waals surface area contributed by atoms with Crippen LogP contribution in [0.2, 0.25) is 6.04 Å². The lowest BCUT2D eigenvalue weighted by Gasteiger charge is -2.35. The third-order valence-electron chi connectivity index (χ3n) is 10.3. The number of fused-ring (bicyclic) bond motifs is 2. The summed E-state index contributed by atoms with van der Waals surface area (Å²) in [5.74, 6) is 0.800. The van der Waals surface area contributed by atoms with E-state index in [9.17, 15) is 9.59 Å². The molecule has 0 aromatic heterocycles. The van der Waals surface area contributed by atoms with E-state index in [2.05, 4.69) is 76.0 Å². The molecule has 3 aliphatic rings. The van der Waals surface area contributed by atoms with Crippen LogP contribution in [0.3, 0.4) is 0 Å². The second-order valence-corrected chi connectivity index (χ2v) is 16.8. The molecule has 2 amide bonds. The zero-order valence-corrected chi connectivity index (χ0v) is 35.5. The van der Waals surface area contributed by atoms with Gasteiger partial charge >= 0.3 is 14.9 Å². The molecule has 2 aliphatic heterocycles. The highest BCUT2D eigenvalue weighted by Gasteiger charge is 2.39. The van der Waals surface area contributed by atoms with E-state index < -0.39 is 14.9 Å². The minimum Gasteiger partial charge on any atom is -0.456 e. The fourth-order valence-corrected chi connectivity index (χ4v) is 10.1. The van der Waals surface area contributed by atoms with Gasteiger partial charge in [0.25, 0.3) is 5.91 Å². The largest absolute Gasteiger partial charge is 0.500 e. The van der Waals surface area contributed by atoms with Gasteiger partial charge in [-0.3, -0.25) is 9.69 Å². The summed E-state index contributed by atoms with van der Waals surface area (Å²) in [6, 6.07) is 21.3. The number of carbonyl (C=O) groups excluding carboxylic acids is 2. The van der Waals surface area contributed by atoms with E-state index in [0.717, 1.165) is 77.2 Å². The Morgan fingerprint density at radius 3 is 2.20 bits per heavy atom. The van der Waals surface area contributed by atoms with Gasteiger partial charge in [-0.15, -0.1) is 0 Å². The number of rotatable bonds is 19. The lowest BCUT2D eigenvalue weighted by Crippen LogP contribution is -2.49. The van der Waals surface area contributed by atoms with Crippen molar-refractivity contribution in [1.29, 1.82) is 0 Å². The molecule has 0 radical (unpaired) electrons. The standard InChI is InChI=1S/C43H61N5O7Si/c1-8-47(9-2)34-20-22-38-40(32-34)55-39-31-33(45(6)7)19-21-37(39)41(38)35-17-13-14-18-36(35)42(49)48-27-25-46(26-28-48)24-16-29-51-43(50)44-23-15-30-56(52-10-3,53-11-4)54-12-5/h13-14,17-22,31-32H,8-12,15-16,23-30H2,1-7H3/p+1. The number of nitrogens with zero attached hydrogens (tertiary/aromatic N) is 4. The quantitative estimate of drug-likeness (QED) is 0.0501. The summed E-state index contributed by atoms with van der Waals surface area (Å²) in [6.45, 7) is 17.8. The van der Waals surface area contributed by atoms with Crippen LogP contribution in [0.1, 0.15) is 57.8 Å². The molecular weight excluding hydrogens is 727 g/mol. The minimum atomic E-state index is -2.73. The molecule has 1 N–H and O–H groups in total. The molecule has 1 aliphatic carbocycles. The molecule has 2 aromatic rings. The van der Waals surface area contributed by atoms with Gasteiger partial charge in [0.15, 0.2) is 0 Å². The third-order valence-corrected chi connectivity index (χ3v) is 13.4. The first kappa shape index (κ1) is 42.9. The van der Waals surface area contributed by atoms with Crippen LogP contribution in [0, 0.1) is 0 Å². The molecule has 0 saturated carbocycles.